The molecule has 0 aromatic heterocycles. The Hall–Kier alpha value is -1.59. The minimum absolute atomic E-state index is 0.0616. The minimum atomic E-state index is -0.703. The van der Waals surface area contributed by atoms with Crippen molar-refractivity contribution in [2.75, 3.05) is 20.1 Å². The number of hydrogen-bond acceptors (Lipinski definition) is 4. The molecule has 0 spiro atoms. The lowest BCUT2D eigenvalue weighted by molar-refractivity contribution is -0.131. The van der Waals surface area contributed by atoms with Crippen molar-refractivity contribution in [3.8, 4) is 0 Å². The van der Waals surface area contributed by atoms with Gasteiger partial charge >= 0.3 is 0 Å². The van der Waals surface area contributed by atoms with Crippen molar-refractivity contribution < 1.29 is 9.59 Å². The first kappa shape index (κ1) is 21.6. The molecule has 0 unspecified atom stereocenters. The van der Waals surface area contributed by atoms with Gasteiger partial charge in [-0.15, -0.1) is 0 Å². The van der Waals surface area contributed by atoms with Crippen LogP contribution in [0.25, 0.3) is 0 Å². The van der Waals surface area contributed by atoms with Crippen LogP contribution >= 0.6 is 0 Å². The number of hydrogen-bond donors (Lipinski definition) is 1. The molecule has 2 aliphatic carbocycles. The van der Waals surface area contributed by atoms with E-state index >= 15 is 0 Å². The lowest BCUT2D eigenvalue weighted by Gasteiger charge is -2.30. The maximum atomic E-state index is 13.2. The molecule has 0 aromatic rings. The van der Waals surface area contributed by atoms with Crippen molar-refractivity contribution >= 4 is 17.8 Å². The van der Waals surface area contributed by atoms with Crippen LogP contribution in [-0.4, -0.2) is 53.2 Å². The molecule has 168 valence electrons. The van der Waals surface area contributed by atoms with Crippen molar-refractivity contribution in [3.05, 3.63) is 0 Å². The van der Waals surface area contributed by atoms with Crippen LogP contribution in [0.4, 0.5) is 0 Å². The Morgan fingerprint density at radius 3 is 2.37 bits per heavy atom. The van der Waals surface area contributed by atoms with Gasteiger partial charge in [-0.05, 0) is 56.3 Å². The lowest BCUT2D eigenvalue weighted by Crippen LogP contribution is -2.44. The molecule has 2 saturated carbocycles. The zero-order chi connectivity index (χ0) is 21.1. The first-order valence-electron chi connectivity index (χ1n) is 12.4. The summed E-state index contributed by atoms with van der Waals surface area (Å²) in [4.78, 5) is 34.3. The third-order valence-electron chi connectivity index (χ3n) is 8.27. The van der Waals surface area contributed by atoms with Crippen molar-refractivity contribution in [3.63, 3.8) is 0 Å². The molecule has 4 rings (SSSR count). The van der Waals surface area contributed by atoms with Crippen LogP contribution < -0.4 is 5.73 Å². The molecular weight excluding hydrogens is 376 g/mol. The first-order valence-corrected chi connectivity index (χ1v) is 12.4. The summed E-state index contributed by atoms with van der Waals surface area (Å²) in [7, 11) is 1.75. The van der Waals surface area contributed by atoms with Gasteiger partial charge in [0, 0.05) is 26.6 Å². The number of nitrogens with two attached hydrogens (primary N) is 1. The summed E-state index contributed by atoms with van der Waals surface area (Å²) in [5.41, 5.74) is 5.38. The summed E-state index contributed by atoms with van der Waals surface area (Å²) in [6.07, 6.45) is 15.8. The fourth-order valence-electron chi connectivity index (χ4n) is 6.37. The van der Waals surface area contributed by atoms with Crippen molar-refractivity contribution in [1.82, 2.24) is 9.80 Å². The largest absolute Gasteiger partial charge is 0.369 e. The van der Waals surface area contributed by atoms with E-state index in [4.69, 9.17) is 10.7 Å². The second kappa shape index (κ2) is 9.27. The van der Waals surface area contributed by atoms with Crippen LogP contribution in [0.3, 0.4) is 0 Å². The Morgan fingerprint density at radius 1 is 1.03 bits per heavy atom. The first-order chi connectivity index (χ1) is 14.5. The van der Waals surface area contributed by atoms with Gasteiger partial charge in [-0.3, -0.25) is 14.5 Å². The van der Waals surface area contributed by atoms with Gasteiger partial charge in [0.1, 0.15) is 5.54 Å². The number of likely N-dealkylation sites (N-methyl/N-ethyl adjacent to an activating group) is 1. The van der Waals surface area contributed by atoms with E-state index in [0.29, 0.717) is 30.1 Å². The SMILES string of the molecule is CN1C(=O)[C@](CCC2CCCCC2)(C[C@@H]2CCN(C(=O)CC3CCCC3)C2)N=C1N. The number of aliphatic imine (C=N–C) groups is 1. The number of carbonyl (C=O) groups excluding carboxylic acids is 2. The van der Waals surface area contributed by atoms with Gasteiger partial charge in [-0.1, -0.05) is 44.9 Å². The molecule has 2 aliphatic heterocycles. The van der Waals surface area contributed by atoms with E-state index in [9.17, 15) is 9.59 Å². The average molecular weight is 417 g/mol. The molecular formula is C24H40N4O2. The fourth-order valence-corrected chi connectivity index (χ4v) is 6.37. The van der Waals surface area contributed by atoms with E-state index < -0.39 is 5.54 Å². The quantitative estimate of drug-likeness (QED) is 0.687. The monoisotopic (exact) mass is 416 g/mol. The second-order valence-corrected chi connectivity index (χ2v) is 10.5. The molecule has 30 heavy (non-hydrogen) atoms. The summed E-state index contributed by atoms with van der Waals surface area (Å²) in [6, 6.07) is 0. The molecule has 2 atom stereocenters. The topological polar surface area (TPSA) is 79.0 Å². The smallest absolute Gasteiger partial charge is 0.257 e. The van der Waals surface area contributed by atoms with Crippen LogP contribution in [0.1, 0.15) is 89.9 Å². The Kier molecular flexibility index (Phi) is 6.69. The van der Waals surface area contributed by atoms with Crippen molar-refractivity contribution in [1.29, 1.82) is 0 Å². The Labute approximate surface area is 181 Å². The highest BCUT2D eigenvalue weighted by Gasteiger charge is 2.48. The number of carbonyl (C=O) groups is 2. The summed E-state index contributed by atoms with van der Waals surface area (Å²) in [5.74, 6) is 2.39. The van der Waals surface area contributed by atoms with Gasteiger partial charge in [-0.25, -0.2) is 4.99 Å². The van der Waals surface area contributed by atoms with Gasteiger partial charge in [0.25, 0.3) is 5.91 Å². The molecule has 6 heteroatoms. The molecule has 1 saturated heterocycles. The molecule has 2 N–H and O–H groups in total. The molecule has 2 heterocycles. The summed E-state index contributed by atoms with van der Waals surface area (Å²) in [5, 5.41) is 0. The highest BCUT2D eigenvalue weighted by molar-refractivity contribution is 6.06. The molecule has 0 bridgehead atoms. The molecule has 0 aromatic carbocycles. The zero-order valence-corrected chi connectivity index (χ0v) is 18.8. The van der Waals surface area contributed by atoms with Gasteiger partial charge in [0.05, 0.1) is 0 Å². The van der Waals surface area contributed by atoms with E-state index in [2.05, 4.69) is 0 Å². The highest BCUT2D eigenvalue weighted by atomic mass is 16.2. The van der Waals surface area contributed by atoms with Crippen molar-refractivity contribution in [2.45, 2.75) is 95.4 Å². The normalized spacial score (nSPS) is 31.0. The van der Waals surface area contributed by atoms with E-state index in [-0.39, 0.29) is 5.91 Å². The molecule has 0 radical (unpaired) electrons. The van der Waals surface area contributed by atoms with E-state index in [1.807, 2.05) is 4.90 Å². The number of guanidine groups is 1. The van der Waals surface area contributed by atoms with E-state index in [1.165, 1.54) is 57.8 Å². The predicted octanol–water partition coefficient (Wildman–Crippen LogP) is 3.69. The maximum Gasteiger partial charge on any atom is 0.257 e. The number of amides is 2. The fraction of sp³-hybridized carbons (Fsp3) is 0.875. The Bertz CT molecular complexity index is 666. The van der Waals surface area contributed by atoms with Gasteiger partial charge < -0.3 is 10.6 Å². The standard InChI is InChI=1S/C24H40N4O2/c1-27-22(30)24(26-23(27)25,13-11-18-7-3-2-4-8-18)16-20-12-14-28(17-20)21(29)15-19-9-5-6-10-19/h18-20H,2-17H2,1H3,(H2,25,26)/t20-,24-/m0/s1. The van der Waals surface area contributed by atoms with E-state index in [1.54, 1.807) is 11.9 Å². The second-order valence-electron chi connectivity index (χ2n) is 10.5. The lowest BCUT2D eigenvalue weighted by atomic mass is 9.78. The summed E-state index contributed by atoms with van der Waals surface area (Å²) in [6.45, 7) is 1.61. The maximum absolute atomic E-state index is 13.2. The van der Waals surface area contributed by atoms with Crippen LogP contribution in [0.2, 0.25) is 0 Å². The van der Waals surface area contributed by atoms with Gasteiger partial charge in [-0.2, -0.15) is 0 Å². The van der Waals surface area contributed by atoms with Gasteiger partial charge in [0.15, 0.2) is 5.96 Å². The number of likely N-dealkylation sites (tertiary alicyclic amines) is 1. The highest BCUT2D eigenvalue weighted by Crippen LogP contribution is 2.39. The van der Waals surface area contributed by atoms with Crippen LogP contribution in [0.15, 0.2) is 4.99 Å². The Balaban J connectivity index is 1.37. The molecule has 6 nitrogen and oxygen atoms in total. The predicted molar refractivity (Wildman–Crippen MR) is 119 cm³/mol. The number of rotatable bonds is 7. The number of nitrogens with zero attached hydrogens (tertiary/aromatic N) is 3. The zero-order valence-electron chi connectivity index (χ0n) is 18.8. The van der Waals surface area contributed by atoms with Crippen LogP contribution in [0.5, 0.6) is 0 Å². The van der Waals surface area contributed by atoms with Gasteiger partial charge in [0.2, 0.25) is 5.91 Å². The average Bonchev–Trinajstić information content (AvgIpc) is 3.47. The van der Waals surface area contributed by atoms with Crippen LogP contribution in [-0.2, 0) is 9.59 Å². The molecule has 2 amide bonds. The molecule has 3 fully saturated rings. The van der Waals surface area contributed by atoms with E-state index in [0.717, 1.165) is 44.7 Å². The van der Waals surface area contributed by atoms with Crippen molar-refractivity contribution in [2.24, 2.45) is 28.5 Å². The minimum Gasteiger partial charge on any atom is -0.369 e. The third kappa shape index (κ3) is 4.67. The van der Waals surface area contributed by atoms with Crippen LogP contribution in [0, 0.1) is 17.8 Å². The molecule has 4 aliphatic rings. The summed E-state index contributed by atoms with van der Waals surface area (Å²) < 4.78 is 0. The third-order valence-corrected chi connectivity index (χ3v) is 8.27. The summed E-state index contributed by atoms with van der Waals surface area (Å²) >= 11 is 0. The Morgan fingerprint density at radius 2 is 1.70 bits per heavy atom.